The Morgan fingerprint density at radius 1 is 0.625 bits per heavy atom. The van der Waals surface area contributed by atoms with Crippen molar-refractivity contribution in [2.45, 2.75) is 0 Å². The van der Waals surface area contributed by atoms with Gasteiger partial charge in [0, 0.05) is 0 Å². The highest BCUT2D eigenvalue weighted by atomic mass is 32.3. The smallest absolute Gasteiger partial charge is 0.262 e. The van der Waals surface area contributed by atoms with Crippen molar-refractivity contribution in [3.63, 3.8) is 0 Å². The third-order valence-electron chi connectivity index (χ3n) is 0.294. The molecule has 0 aliphatic carbocycles. The molecule has 13 nitrogen and oxygen atoms in total. The molecule has 0 bridgehead atoms. The van der Waals surface area contributed by atoms with Crippen LogP contribution in [0.25, 0.3) is 0 Å². The molecule has 0 aliphatic rings. The third-order valence-corrected chi connectivity index (χ3v) is 1.05. The van der Waals surface area contributed by atoms with Gasteiger partial charge < -0.3 is 0 Å². The highest BCUT2D eigenvalue weighted by Gasteiger charge is 2.13. The van der Waals surface area contributed by atoms with Crippen LogP contribution >= 0.6 is 0 Å². The van der Waals surface area contributed by atoms with Gasteiger partial charge in [-0.25, -0.2) is 5.26 Å². The van der Waals surface area contributed by atoms with Crippen molar-refractivity contribution in [3.05, 3.63) is 0 Å². The van der Waals surface area contributed by atoms with E-state index in [4.69, 9.17) is 27.3 Å². The van der Waals surface area contributed by atoms with Gasteiger partial charge in [0.05, 0.1) is 0 Å². The third kappa shape index (κ3) is 23.4. The van der Waals surface area contributed by atoms with Gasteiger partial charge in [0.2, 0.25) is 0 Å². The van der Waals surface area contributed by atoms with E-state index >= 15 is 0 Å². The monoisotopic (exact) mass is 308 g/mol. The molecule has 0 heterocycles. The van der Waals surface area contributed by atoms with Crippen molar-refractivity contribution in [2.75, 3.05) is 0 Å². The fourth-order valence-corrected chi connectivity index (χ4v) is 0.632. The van der Waals surface area contributed by atoms with Gasteiger partial charge >= 0.3 is 31.2 Å². The first-order valence-corrected chi connectivity index (χ1v) is 6.49. The largest absolute Gasteiger partial charge is 0.425 e. The highest BCUT2D eigenvalue weighted by Crippen LogP contribution is 1.92. The Morgan fingerprint density at radius 2 is 0.812 bits per heavy atom. The van der Waals surface area contributed by atoms with Crippen molar-refractivity contribution in [2.24, 2.45) is 0 Å². The first kappa shape index (κ1) is 17.9. The molecular weight excluding hydrogens is 304 g/mol. The second-order valence-electron chi connectivity index (χ2n) is 1.49. The average Bonchev–Trinajstić information content (AvgIpc) is 1.98. The second kappa shape index (κ2) is 6.34. The molecule has 0 radical (unpaired) electrons. The zero-order valence-electron chi connectivity index (χ0n) is 6.69. The summed E-state index contributed by atoms with van der Waals surface area (Å²) in [6, 6.07) is 0. The summed E-state index contributed by atoms with van der Waals surface area (Å²) in [4.78, 5) is 0. The van der Waals surface area contributed by atoms with E-state index in [1.807, 2.05) is 0 Å². The SMILES string of the molecule is O=S(=O)(O)OO.O=S(=O)(O)OOS(=O)(=O)O. The van der Waals surface area contributed by atoms with E-state index in [0.29, 0.717) is 0 Å². The molecule has 0 aromatic carbocycles. The Hall–Kier alpha value is -0.430. The molecule has 0 saturated carbocycles. The Kier molecular flexibility index (Phi) is 7.11. The molecule has 0 aromatic rings. The highest BCUT2D eigenvalue weighted by molar-refractivity contribution is 7.83. The molecule has 16 heavy (non-hydrogen) atoms. The maximum absolute atomic E-state index is 9.51. The molecule has 0 unspecified atom stereocenters. The van der Waals surface area contributed by atoms with Crippen molar-refractivity contribution in [1.82, 2.24) is 0 Å². The van der Waals surface area contributed by atoms with Crippen molar-refractivity contribution < 1.29 is 57.2 Å². The van der Waals surface area contributed by atoms with Crippen LogP contribution in [0.1, 0.15) is 0 Å². The van der Waals surface area contributed by atoms with Crippen LogP contribution in [0.15, 0.2) is 0 Å². The van der Waals surface area contributed by atoms with Crippen LogP contribution in [0.5, 0.6) is 0 Å². The van der Waals surface area contributed by atoms with E-state index < -0.39 is 31.2 Å². The lowest BCUT2D eigenvalue weighted by Crippen LogP contribution is -2.10. The van der Waals surface area contributed by atoms with E-state index in [9.17, 15) is 16.8 Å². The van der Waals surface area contributed by atoms with Crippen LogP contribution in [-0.4, -0.2) is 44.2 Å². The van der Waals surface area contributed by atoms with Gasteiger partial charge in [-0.3, -0.25) is 13.7 Å². The van der Waals surface area contributed by atoms with E-state index in [1.54, 1.807) is 0 Å². The molecule has 100 valence electrons. The molecule has 0 atom stereocenters. The van der Waals surface area contributed by atoms with Gasteiger partial charge in [-0.05, 0) is 0 Å². The lowest BCUT2D eigenvalue weighted by atomic mass is 14.9. The maximum Gasteiger partial charge on any atom is 0.425 e. The predicted octanol–water partition coefficient (Wildman–Crippen LogP) is -2.18. The summed E-state index contributed by atoms with van der Waals surface area (Å²) in [6.07, 6.45) is 0. The molecular formula is H4O13S3. The summed E-state index contributed by atoms with van der Waals surface area (Å²) >= 11 is 0. The van der Waals surface area contributed by atoms with Crippen LogP contribution < -0.4 is 0 Å². The first-order chi connectivity index (χ1) is 6.77. The van der Waals surface area contributed by atoms with Gasteiger partial charge in [0.15, 0.2) is 0 Å². The van der Waals surface area contributed by atoms with Gasteiger partial charge in [-0.1, -0.05) is 13.0 Å². The van der Waals surface area contributed by atoms with E-state index in [1.165, 1.54) is 0 Å². The van der Waals surface area contributed by atoms with Crippen molar-refractivity contribution in [1.29, 1.82) is 0 Å². The van der Waals surface area contributed by atoms with Gasteiger partial charge in [0.25, 0.3) is 0 Å². The summed E-state index contributed by atoms with van der Waals surface area (Å²) in [6.45, 7) is 0. The second-order valence-corrected chi connectivity index (χ2v) is 4.48. The van der Waals surface area contributed by atoms with E-state index in [-0.39, 0.29) is 0 Å². The minimum atomic E-state index is -5.02. The zero-order valence-corrected chi connectivity index (χ0v) is 9.14. The summed E-state index contributed by atoms with van der Waals surface area (Å²) in [5.41, 5.74) is 0. The maximum atomic E-state index is 9.51. The molecule has 0 rings (SSSR count). The minimum Gasteiger partial charge on any atom is -0.262 e. The number of hydrogen-bond donors (Lipinski definition) is 4. The summed E-state index contributed by atoms with van der Waals surface area (Å²) in [7, 11) is -14.6. The molecule has 0 fully saturated rings. The van der Waals surface area contributed by atoms with Crippen molar-refractivity contribution >= 4 is 31.2 Å². The number of hydrogen-bond acceptors (Lipinski definition) is 10. The molecule has 16 heteroatoms. The Balaban J connectivity index is 0. The predicted molar refractivity (Wildman–Crippen MR) is 40.5 cm³/mol. The average molecular weight is 308 g/mol. The fraction of sp³-hybridized carbons (Fsp3) is 0. The zero-order chi connectivity index (χ0) is 13.6. The molecule has 0 saturated heterocycles. The van der Waals surface area contributed by atoms with E-state index in [2.05, 4.69) is 13.0 Å². The topological polar surface area (TPSA) is 211 Å². The molecule has 0 amide bonds. The van der Waals surface area contributed by atoms with Crippen LogP contribution in [0.2, 0.25) is 0 Å². The van der Waals surface area contributed by atoms with Gasteiger partial charge in [-0.2, -0.15) is 25.3 Å². The van der Waals surface area contributed by atoms with Crippen LogP contribution in [0, 0.1) is 0 Å². The standard InChI is InChI=1S/H2O8S2.H2O5S/c1-9(2,3)7-8-10(4,5)6;1-5-6(2,3)4/h(H,1,2,3)(H,4,5,6);1H,(H,2,3,4). The molecule has 0 aromatic heterocycles. The lowest BCUT2D eigenvalue weighted by Gasteiger charge is -1.92. The Bertz CT molecular complexity index is 437. The normalized spacial score (nSPS) is 12.8. The molecule has 4 N–H and O–H groups in total. The van der Waals surface area contributed by atoms with Crippen LogP contribution in [0.4, 0.5) is 0 Å². The van der Waals surface area contributed by atoms with Crippen LogP contribution in [0.3, 0.4) is 0 Å². The quantitative estimate of drug-likeness (QED) is 0.247. The van der Waals surface area contributed by atoms with Crippen molar-refractivity contribution in [3.8, 4) is 0 Å². The minimum absolute atomic E-state index is 2.47. The first-order valence-electron chi connectivity index (χ1n) is 2.40. The Labute approximate surface area is 88.9 Å². The fourth-order valence-electron chi connectivity index (χ4n) is 0.0702. The van der Waals surface area contributed by atoms with Gasteiger partial charge in [0.1, 0.15) is 0 Å². The molecule has 0 aliphatic heterocycles. The van der Waals surface area contributed by atoms with Crippen LogP contribution in [-0.2, 0) is 44.2 Å². The Morgan fingerprint density at radius 3 is 0.875 bits per heavy atom. The van der Waals surface area contributed by atoms with E-state index in [0.717, 1.165) is 0 Å². The summed E-state index contributed by atoms with van der Waals surface area (Å²) < 4.78 is 86.8. The molecule has 0 spiro atoms. The summed E-state index contributed by atoms with van der Waals surface area (Å²) in [5, 5.41) is 7.06. The number of rotatable bonds is 4. The summed E-state index contributed by atoms with van der Waals surface area (Å²) in [5.74, 6) is 0. The van der Waals surface area contributed by atoms with Gasteiger partial charge in [-0.15, -0.1) is 0 Å². The lowest BCUT2D eigenvalue weighted by molar-refractivity contribution is -0.139.